The summed E-state index contributed by atoms with van der Waals surface area (Å²) in [5, 5.41) is 25.0. The van der Waals surface area contributed by atoms with Crippen LogP contribution in [0.25, 0.3) is 0 Å². The van der Waals surface area contributed by atoms with Crippen molar-refractivity contribution in [3.63, 3.8) is 0 Å². The Morgan fingerprint density at radius 3 is 2.04 bits per heavy atom. The smallest absolute Gasteiger partial charge is 0.326 e. The number of urea groups is 1. The molecule has 0 aliphatic carbocycles. The van der Waals surface area contributed by atoms with Gasteiger partial charge in [-0.25, -0.2) is 9.59 Å². The minimum Gasteiger partial charge on any atom is -0.481 e. The number of carboxylic acid groups (broad SMARTS) is 2. The van der Waals surface area contributed by atoms with Crippen molar-refractivity contribution in [2.45, 2.75) is 64.3 Å². The van der Waals surface area contributed by atoms with Gasteiger partial charge in [0.2, 0.25) is 5.91 Å². The molecule has 0 aromatic carbocycles. The third kappa shape index (κ3) is 14.2. The van der Waals surface area contributed by atoms with Crippen LogP contribution >= 0.6 is 0 Å². The summed E-state index contributed by atoms with van der Waals surface area (Å²) in [6.45, 7) is 2.57. The molecule has 3 amide bonds. The summed E-state index contributed by atoms with van der Waals surface area (Å²) < 4.78 is 0. The summed E-state index contributed by atoms with van der Waals surface area (Å²) in [7, 11) is 0. The van der Waals surface area contributed by atoms with Crippen LogP contribution in [0.3, 0.4) is 0 Å². The lowest BCUT2D eigenvalue weighted by molar-refractivity contribution is -0.140. The fraction of sp³-hybridized carbons (Fsp3) is 0.706. The summed E-state index contributed by atoms with van der Waals surface area (Å²) in [6.07, 6.45) is 2.44. The highest BCUT2D eigenvalue weighted by Gasteiger charge is 2.20. The number of hydrogen-bond acceptors (Lipinski definition) is 5. The van der Waals surface area contributed by atoms with Crippen LogP contribution in [-0.2, 0) is 19.2 Å². The SMILES string of the molecule is CCC(=O)CCC(=O)NCCCCCNC(=O)N[C@@H](CCC(=O)O)C(=O)O. The Bertz CT molecular complexity index is 523. The Labute approximate surface area is 158 Å². The first-order chi connectivity index (χ1) is 12.8. The molecule has 10 heteroatoms. The zero-order valence-electron chi connectivity index (χ0n) is 15.6. The lowest BCUT2D eigenvalue weighted by Gasteiger charge is -2.14. The molecule has 5 N–H and O–H groups in total. The van der Waals surface area contributed by atoms with Gasteiger partial charge in [0.1, 0.15) is 11.8 Å². The van der Waals surface area contributed by atoms with Crippen LogP contribution in [0.5, 0.6) is 0 Å². The molecule has 0 spiro atoms. The van der Waals surface area contributed by atoms with Crippen molar-refractivity contribution in [2.75, 3.05) is 13.1 Å². The molecule has 0 rings (SSSR count). The Hall–Kier alpha value is -2.65. The monoisotopic (exact) mass is 387 g/mol. The van der Waals surface area contributed by atoms with Crippen molar-refractivity contribution in [1.29, 1.82) is 0 Å². The van der Waals surface area contributed by atoms with Gasteiger partial charge in [-0.05, 0) is 25.7 Å². The number of aliphatic carboxylic acids is 2. The van der Waals surface area contributed by atoms with E-state index in [0.717, 1.165) is 6.42 Å². The minimum atomic E-state index is -1.29. The molecule has 0 radical (unpaired) electrons. The highest BCUT2D eigenvalue weighted by atomic mass is 16.4. The second-order valence-electron chi connectivity index (χ2n) is 6.03. The number of carbonyl (C=O) groups is 5. The second-order valence-corrected chi connectivity index (χ2v) is 6.03. The molecule has 1 atom stereocenters. The van der Waals surface area contributed by atoms with Crippen molar-refractivity contribution in [3.05, 3.63) is 0 Å². The average molecular weight is 387 g/mol. The minimum absolute atomic E-state index is 0.0580. The van der Waals surface area contributed by atoms with E-state index in [1.807, 2.05) is 0 Å². The fourth-order valence-electron chi connectivity index (χ4n) is 2.11. The van der Waals surface area contributed by atoms with Gasteiger partial charge in [-0.1, -0.05) is 6.92 Å². The van der Waals surface area contributed by atoms with E-state index in [2.05, 4.69) is 16.0 Å². The first kappa shape index (κ1) is 24.4. The van der Waals surface area contributed by atoms with Gasteiger partial charge in [0.15, 0.2) is 0 Å². The molecular formula is C17H29N3O7. The number of rotatable bonds is 15. The Morgan fingerprint density at radius 1 is 0.852 bits per heavy atom. The van der Waals surface area contributed by atoms with Crippen molar-refractivity contribution in [1.82, 2.24) is 16.0 Å². The predicted molar refractivity (Wildman–Crippen MR) is 96.2 cm³/mol. The van der Waals surface area contributed by atoms with Gasteiger partial charge in [0, 0.05) is 38.8 Å². The molecule has 27 heavy (non-hydrogen) atoms. The van der Waals surface area contributed by atoms with E-state index < -0.39 is 24.0 Å². The molecule has 0 bridgehead atoms. The van der Waals surface area contributed by atoms with Crippen LogP contribution in [0.15, 0.2) is 0 Å². The lowest BCUT2D eigenvalue weighted by atomic mass is 10.1. The first-order valence-electron chi connectivity index (χ1n) is 9.03. The molecule has 0 saturated heterocycles. The quantitative estimate of drug-likeness (QED) is 0.258. The van der Waals surface area contributed by atoms with Gasteiger partial charge in [-0.3, -0.25) is 14.4 Å². The maximum Gasteiger partial charge on any atom is 0.326 e. The van der Waals surface area contributed by atoms with Crippen LogP contribution < -0.4 is 16.0 Å². The number of ketones is 1. The summed E-state index contributed by atoms with van der Waals surface area (Å²) in [6, 6.07) is -1.92. The third-order valence-electron chi connectivity index (χ3n) is 3.74. The van der Waals surface area contributed by atoms with Crippen LogP contribution in [-0.4, -0.2) is 59.0 Å². The van der Waals surface area contributed by atoms with Crippen molar-refractivity contribution < 1.29 is 34.2 Å². The molecule has 154 valence electrons. The number of carboxylic acids is 2. The van der Waals surface area contributed by atoms with E-state index in [1.54, 1.807) is 6.92 Å². The van der Waals surface area contributed by atoms with Gasteiger partial charge in [-0.2, -0.15) is 0 Å². The van der Waals surface area contributed by atoms with Gasteiger partial charge in [0.05, 0.1) is 0 Å². The normalized spacial score (nSPS) is 11.3. The number of nitrogens with one attached hydrogen (secondary N) is 3. The average Bonchev–Trinajstić information content (AvgIpc) is 2.61. The van der Waals surface area contributed by atoms with E-state index in [-0.39, 0.29) is 37.4 Å². The number of unbranched alkanes of at least 4 members (excludes halogenated alkanes) is 2. The molecule has 0 aliphatic rings. The highest BCUT2D eigenvalue weighted by molar-refractivity contribution is 5.84. The summed E-state index contributed by atoms with van der Waals surface area (Å²) in [5.74, 6) is -2.52. The molecule has 0 aliphatic heterocycles. The van der Waals surface area contributed by atoms with Crippen LogP contribution in [0, 0.1) is 0 Å². The molecule has 0 saturated carbocycles. The van der Waals surface area contributed by atoms with Gasteiger partial charge >= 0.3 is 18.0 Å². The van der Waals surface area contributed by atoms with E-state index in [1.165, 1.54) is 0 Å². The van der Waals surface area contributed by atoms with E-state index >= 15 is 0 Å². The maximum absolute atomic E-state index is 11.6. The summed E-state index contributed by atoms with van der Waals surface area (Å²) in [4.78, 5) is 55.6. The van der Waals surface area contributed by atoms with Crippen LogP contribution in [0.1, 0.15) is 58.3 Å². The van der Waals surface area contributed by atoms with Crippen molar-refractivity contribution >= 4 is 29.7 Å². The number of carbonyl (C=O) groups excluding carboxylic acids is 3. The zero-order valence-corrected chi connectivity index (χ0v) is 15.6. The Balaban J connectivity index is 3.75. The molecule has 0 aromatic heterocycles. The first-order valence-corrected chi connectivity index (χ1v) is 9.03. The molecule has 0 aromatic rings. The molecule has 0 heterocycles. The standard InChI is InChI=1S/C17H29N3O7/c1-2-12(21)6-8-14(22)18-10-4-3-5-11-19-17(27)20-13(16(25)26)7-9-15(23)24/h13H,2-11H2,1H3,(H,18,22)(H,23,24)(H,25,26)(H2,19,20,27)/t13-/m0/s1. The maximum atomic E-state index is 11.6. The molecule has 0 fully saturated rings. The lowest BCUT2D eigenvalue weighted by Crippen LogP contribution is -2.46. The topological polar surface area (TPSA) is 162 Å². The second kappa shape index (κ2) is 14.5. The van der Waals surface area contributed by atoms with Gasteiger partial charge in [-0.15, -0.1) is 0 Å². The van der Waals surface area contributed by atoms with Gasteiger partial charge < -0.3 is 26.2 Å². The highest BCUT2D eigenvalue weighted by Crippen LogP contribution is 1.99. The third-order valence-corrected chi connectivity index (χ3v) is 3.74. The molecule has 10 nitrogen and oxygen atoms in total. The summed E-state index contributed by atoms with van der Waals surface area (Å²) in [5.41, 5.74) is 0. The number of amides is 3. The molecular weight excluding hydrogens is 358 g/mol. The predicted octanol–water partition coefficient (Wildman–Crippen LogP) is 0.649. The Kier molecular flexibility index (Phi) is 13.1. The summed E-state index contributed by atoms with van der Waals surface area (Å²) >= 11 is 0. The van der Waals surface area contributed by atoms with E-state index in [4.69, 9.17) is 10.2 Å². The van der Waals surface area contributed by atoms with Gasteiger partial charge in [0.25, 0.3) is 0 Å². The Morgan fingerprint density at radius 2 is 1.48 bits per heavy atom. The number of Topliss-reactive ketones (excluding diaryl/α,β-unsaturated/α-hetero) is 1. The van der Waals surface area contributed by atoms with Crippen molar-refractivity contribution in [3.8, 4) is 0 Å². The largest absolute Gasteiger partial charge is 0.481 e. The van der Waals surface area contributed by atoms with E-state index in [9.17, 15) is 24.0 Å². The van der Waals surface area contributed by atoms with Crippen LogP contribution in [0.4, 0.5) is 4.79 Å². The zero-order chi connectivity index (χ0) is 20.7. The van der Waals surface area contributed by atoms with E-state index in [0.29, 0.717) is 32.4 Å². The number of hydrogen-bond donors (Lipinski definition) is 5. The van der Waals surface area contributed by atoms with Crippen molar-refractivity contribution in [2.24, 2.45) is 0 Å². The molecule has 0 unspecified atom stereocenters. The fourth-order valence-corrected chi connectivity index (χ4v) is 2.11. The van der Waals surface area contributed by atoms with Crippen LogP contribution in [0.2, 0.25) is 0 Å².